The van der Waals surface area contributed by atoms with Crippen molar-refractivity contribution in [2.24, 2.45) is 0 Å². The quantitative estimate of drug-likeness (QED) is 0.621. The van der Waals surface area contributed by atoms with Crippen molar-refractivity contribution >= 4 is 0 Å². The van der Waals surface area contributed by atoms with E-state index in [-0.39, 0.29) is 0 Å². The molecule has 0 aliphatic carbocycles. The van der Waals surface area contributed by atoms with Crippen LogP contribution < -0.4 is 5.32 Å². The summed E-state index contributed by atoms with van der Waals surface area (Å²) in [4.78, 5) is 2.40. The van der Waals surface area contributed by atoms with Crippen molar-refractivity contribution in [2.45, 2.75) is 25.8 Å². The van der Waals surface area contributed by atoms with Crippen molar-refractivity contribution in [2.75, 3.05) is 26.2 Å². The fourth-order valence-corrected chi connectivity index (χ4v) is 1.54. The van der Waals surface area contributed by atoms with Gasteiger partial charge in [0.15, 0.2) is 0 Å². The fraction of sp³-hybridized carbons (Fsp3) is 0.800. The summed E-state index contributed by atoms with van der Waals surface area (Å²) in [7, 11) is 0. The van der Waals surface area contributed by atoms with E-state index in [0.29, 0.717) is 6.04 Å². The van der Waals surface area contributed by atoms with E-state index in [0.717, 1.165) is 26.2 Å². The van der Waals surface area contributed by atoms with Crippen LogP contribution in [0.25, 0.3) is 0 Å². The molecule has 1 N–H and O–H groups in total. The number of rotatable bonds is 3. The highest BCUT2D eigenvalue weighted by Gasteiger charge is 2.18. The van der Waals surface area contributed by atoms with Gasteiger partial charge in [-0.05, 0) is 13.0 Å². The first-order valence-electron chi connectivity index (χ1n) is 4.79. The average molecular weight is 166 g/mol. The smallest absolute Gasteiger partial charge is 0.0838 e. The lowest BCUT2D eigenvalue weighted by atomic mass is 10.2. The van der Waals surface area contributed by atoms with Crippen molar-refractivity contribution < 1.29 is 0 Å². The Morgan fingerprint density at radius 2 is 2.50 bits per heavy atom. The van der Waals surface area contributed by atoms with Crippen LogP contribution in [0.4, 0.5) is 0 Å². The van der Waals surface area contributed by atoms with Crippen LogP contribution in [-0.4, -0.2) is 37.1 Å². The first-order chi connectivity index (χ1) is 5.88. The van der Waals surface area contributed by atoms with Gasteiger partial charge in [-0.15, -0.1) is 6.42 Å². The molecule has 1 heterocycles. The van der Waals surface area contributed by atoms with E-state index in [1.165, 1.54) is 12.8 Å². The predicted molar refractivity (Wildman–Crippen MR) is 52.0 cm³/mol. The Labute approximate surface area is 75.3 Å². The minimum absolute atomic E-state index is 0.324. The third-order valence-electron chi connectivity index (χ3n) is 2.35. The van der Waals surface area contributed by atoms with Gasteiger partial charge in [-0.2, -0.15) is 0 Å². The SMILES string of the molecule is C#CC1CNCCN1CCCC. The number of piperazine rings is 1. The summed E-state index contributed by atoms with van der Waals surface area (Å²) >= 11 is 0. The summed E-state index contributed by atoms with van der Waals surface area (Å²) in [5.41, 5.74) is 0. The van der Waals surface area contributed by atoms with Gasteiger partial charge in [-0.3, -0.25) is 4.90 Å². The van der Waals surface area contributed by atoms with Crippen LogP contribution in [0.15, 0.2) is 0 Å². The molecule has 1 unspecified atom stereocenters. The molecule has 1 aliphatic rings. The minimum Gasteiger partial charge on any atom is -0.313 e. The molecule has 1 atom stereocenters. The minimum atomic E-state index is 0.324. The second kappa shape index (κ2) is 5.18. The first-order valence-corrected chi connectivity index (χ1v) is 4.79. The zero-order valence-electron chi connectivity index (χ0n) is 7.84. The number of terminal acetylenes is 1. The van der Waals surface area contributed by atoms with E-state index in [1.54, 1.807) is 0 Å². The molecule has 1 saturated heterocycles. The van der Waals surface area contributed by atoms with Gasteiger partial charge < -0.3 is 5.32 Å². The molecule has 0 aromatic rings. The largest absolute Gasteiger partial charge is 0.313 e. The summed E-state index contributed by atoms with van der Waals surface area (Å²) in [5, 5.41) is 3.31. The number of nitrogens with zero attached hydrogens (tertiary/aromatic N) is 1. The Kier molecular flexibility index (Phi) is 4.13. The van der Waals surface area contributed by atoms with Crippen LogP contribution >= 0.6 is 0 Å². The molecule has 0 spiro atoms. The lowest BCUT2D eigenvalue weighted by Gasteiger charge is -2.32. The third-order valence-corrected chi connectivity index (χ3v) is 2.35. The van der Waals surface area contributed by atoms with Crippen LogP contribution in [-0.2, 0) is 0 Å². The molecule has 12 heavy (non-hydrogen) atoms. The molecule has 2 nitrogen and oxygen atoms in total. The molecule has 1 rings (SSSR count). The fourth-order valence-electron chi connectivity index (χ4n) is 1.54. The van der Waals surface area contributed by atoms with E-state index in [4.69, 9.17) is 6.42 Å². The van der Waals surface area contributed by atoms with Crippen molar-refractivity contribution in [3.63, 3.8) is 0 Å². The molecule has 0 saturated carbocycles. The first kappa shape index (κ1) is 9.57. The van der Waals surface area contributed by atoms with Crippen LogP contribution in [0.1, 0.15) is 19.8 Å². The maximum absolute atomic E-state index is 5.43. The van der Waals surface area contributed by atoms with Crippen LogP contribution in [0.3, 0.4) is 0 Å². The van der Waals surface area contributed by atoms with Gasteiger partial charge in [-0.25, -0.2) is 0 Å². The van der Waals surface area contributed by atoms with E-state index in [2.05, 4.69) is 23.1 Å². The summed E-state index contributed by atoms with van der Waals surface area (Å²) in [6.07, 6.45) is 7.95. The second-order valence-electron chi connectivity index (χ2n) is 3.28. The molecular weight excluding hydrogens is 148 g/mol. The normalized spacial score (nSPS) is 25.2. The van der Waals surface area contributed by atoms with Crippen LogP contribution in [0, 0.1) is 12.3 Å². The number of unbranched alkanes of at least 4 members (excludes halogenated alkanes) is 1. The Hall–Kier alpha value is -0.520. The molecule has 1 fully saturated rings. The molecule has 0 radical (unpaired) electrons. The standard InChI is InChI=1S/C10H18N2/c1-3-5-7-12-8-6-11-9-10(12)4-2/h2,10-11H,3,5-9H2,1H3. The van der Waals surface area contributed by atoms with Crippen molar-refractivity contribution in [1.82, 2.24) is 10.2 Å². The monoisotopic (exact) mass is 166 g/mol. The lowest BCUT2D eigenvalue weighted by molar-refractivity contribution is 0.196. The zero-order valence-corrected chi connectivity index (χ0v) is 7.84. The zero-order chi connectivity index (χ0) is 8.81. The number of hydrogen-bond acceptors (Lipinski definition) is 2. The highest BCUT2D eigenvalue weighted by Crippen LogP contribution is 2.03. The van der Waals surface area contributed by atoms with Crippen molar-refractivity contribution in [3.05, 3.63) is 0 Å². The Morgan fingerprint density at radius 3 is 3.17 bits per heavy atom. The van der Waals surface area contributed by atoms with Gasteiger partial charge >= 0.3 is 0 Å². The van der Waals surface area contributed by atoms with Gasteiger partial charge in [0.1, 0.15) is 0 Å². The van der Waals surface area contributed by atoms with Crippen LogP contribution in [0.5, 0.6) is 0 Å². The van der Waals surface area contributed by atoms with Crippen LogP contribution in [0.2, 0.25) is 0 Å². The van der Waals surface area contributed by atoms with Gasteiger partial charge in [0, 0.05) is 19.6 Å². The Morgan fingerprint density at radius 1 is 1.67 bits per heavy atom. The molecule has 2 heteroatoms. The van der Waals surface area contributed by atoms with E-state index in [1.807, 2.05) is 0 Å². The van der Waals surface area contributed by atoms with E-state index < -0.39 is 0 Å². The Bertz CT molecular complexity index is 160. The highest BCUT2D eigenvalue weighted by molar-refractivity contribution is 5.02. The third kappa shape index (κ3) is 2.51. The lowest BCUT2D eigenvalue weighted by Crippen LogP contribution is -2.50. The van der Waals surface area contributed by atoms with Gasteiger partial charge in [-0.1, -0.05) is 19.3 Å². The van der Waals surface area contributed by atoms with Gasteiger partial charge in [0.05, 0.1) is 6.04 Å². The number of nitrogens with one attached hydrogen (secondary N) is 1. The predicted octanol–water partition coefficient (Wildman–Crippen LogP) is 0.693. The van der Waals surface area contributed by atoms with Crippen molar-refractivity contribution in [1.29, 1.82) is 0 Å². The molecule has 0 aromatic heterocycles. The maximum Gasteiger partial charge on any atom is 0.0838 e. The van der Waals surface area contributed by atoms with Gasteiger partial charge in [0.2, 0.25) is 0 Å². The number of hydrogen-bond donors (Lipinski definition) is 1. The summed E-state index contributed by atoms with van der Waals surface area (Å²) in [5.74, 6) is 2.83. The Balaban J connectivity index is 2.32. The topological polar surface area (TPSA) is 15.3 Å². The molecule has 0 bridgehead atoms. The highest BCUT2D eigenvalue weighted by atomic mass is 15.2. The average Bonchev–Trinajstić information content (AvgIpc) is 2.15. The summed E-state index contributed by atoms with van der Waals surface area (Å²) < 4.78 is 0. The van der Waals surface area contributed by atoms with Crippen molar-refractivity contribution in [3.8, 4) is 12.3 Å². The maximum atomic E-state index is 5.43. The second-order valence-corrected chi connectivity index (χ2v) is 3.28. The van der Waals surface area contributed by atoms with E-state index in [9.17, 15) is 0 Å². The molecule has 0 amide bonds. The van der Waals surface area contributed by atoms with E-state index >= 15 is 0 Å². The molecule has 1 aliphatic heterocycles. The molecular formula is C10H18N2. The summed E-state index contributed by atoms with van der Waals surface area (Å²) in [6.45, 7) is 6.52. The molecule has 0 aromatic carbocycles. The van der Waals surface area contributed by atoms with Gasteiger partial charge in [0.25, 0.3) is 0 Å². The molecule has 68 valence electrons. The summed E-state index contributed by atoms with van der Waals surface area (Å²) in [6, 6.07) is 0.324.